The number of aryl methyl sites for hydroxylation is 1. The third-order valence-corrected chi connectivity index (χ3v) is 5.42. The number of carbonyl (C=O) groups excluding carboxylic acids is 1. The van der Waals surface area contributed by atoms with Crippen molar-refractivity contribution in [1.29, 1.82) is 0 Å². The minimum atomic E-state index is 0.0355. The van der Waals surface area contributed by atoms with E-state index in [1.165, 1.54) is 0 Å². The van der Waals surface area contributed by atoms with Crippen LogP contribution in [0.4, 0.5) is 0 Å². The summed E-state index contributed by atoms with van der Waals surface area (Å²) in [6.45, 7) is 2.04. The molecule has 0 heterocycles. The fourth-order valence-electron chi connectivity index (χ4n) is 3.87. The molecule has 30 heavy (non-hydrogen) atoms. The van der Waals surface area contributed by atoms with Crippen LogP contribution in [0.15, 0.2) is 66.4 Å². The van der Waals surface area contributed by atoms with Crippen LogP contribution in [0.1, 0.15) is 38.9 Å². The number of fused-ring (bicyclic) bond motifs is 1. The number of aliphatic hydroxyl groups is 1. The van der Waals surface area contributed by atoms with E-state index < -0.39 is 0 Å². The molecule has 3 aromatic carbocycles. The van der Waals surface area contributed by atoms with E-state index in [4.69, 9.17) is 4.74 Å². The lowest BCUT2D eigenvalue weighted by molar-refractivity contribution is -0.113. The van der Waals surface area contributed by atoms with Gasteiger partial charge in [-0.05, 0) is 59.4 Å². The number of carbonyl (C=O) groups is 1. The third-order valence-electron chi connectivity index (χ3n) is 5.42. The van der Waals surface area contributed by atoms with Gasteiger partial charge in [0.2, 0.25) is 0 Å². The van der Waals surface area contributed by atoms with Crippen LogP contribution < -0.4 is 4.74 Å². The van der Waals surface area contributed by atoms with E-state index in [1.807, 2.05) is 49.4 Å². The average Bonchev–Trinajstić information content (AvgIpc) is 2.91. The lowest BCUT2D eigenvalue weighted by Crippen LogP contribution is -2.07. The van der Waals surface area contributed by atoms with Crippen LogP contribution in [0, 0.1) is 6.92 Å². The normalized spacial score (nSPS) is 12.9. The molecule has 1 aliphatic rings. The second-order valence-corrected chi connectivity index (χ2v) is 7.66. The van der Waals surface area contributed by atoms with Gasteiger partial charge in [0.1, 0.15) is 5.75 Å². The summed E-state index contributed by atoms with van der Waals surface area (Å²) in [6, 6.07) is 20.0. The first-order valence-electron chi connectivity index (χ1n) is 10.0. The summed E-state index contributed by atoms with van der Waals surface area (Å²) < 4.78 is 5.48. The maximum atomic E-state index is 13.1. The van der Waals surface area contributed by atoms with E-state index in [0.717, 1.165) is 45.4 Å². The smallest absolute Gasteiger partial charge is 0.175 e. The van der Waals surface area contributed by atoms with E-state index in [9.17, 15) is 9.90 Å². The van der Waals surface area contributed by atoms with Crippen molar-refractivity contribution >= 4 is 17.4 Å². The lowest BCUT2D eigenvalue weighted by atomic mass is 9.94. The van der Waals surface area contributed by atoms with Gasteiger partial charge >= 0.3 is 0 Å². The van der Waals surface area contributed by atoms with Crippen molar-refractivity contribution in [3.8, 4) is 5.75 Å². The predicted octanol–water partition coefficient (Wildman–Crippen LogP) is 4.91. The highest BCUT2D eigenvalue weighted by molar-refractivity contribution is 6.23. The van der Waals surface area contributed by atoms with Crippen LogP contribution in [-0.2, 0) is 24.2 Å². The van der Waals surface area contributed by atoms with Gasteiger partial charge in [-0.2, -0.15) is 0 Å². The van der Waals surface area contributed by atoms with Crippen LogP contribution >= 0.6 is 0 Å². The maximum absolute atomic E-state index is 13.1. The number of allylic oxidation sites excluding steroid dienone is 1. The molecule has 1 N–H and O–H groups in total. The van der Waals surface area contributed by atoms with E-state index in [0.29, 0.717) is 17.7 Å². The zero-order valence-corrected chi connectivity index (χ0v) is 17.2. The highest BCUT2D eigenvalue weighted by atomic mass is 16.5. The topological polar surface area (TPSA) is 46.5 Å². The van der Waals surface area contributed by atoms with Crippen molar-refractivity contribution < 1.29 is 14.6 Å². The molecule has 0 fully saturated rings. The van der Waals surface area contributed by atoms with Crippen molar-refractivity contribution in [3.63, 3.8) is 0 Å². The number of hydrogen-bond donors (Lipinski definition) is 1. The molecule has 4 rings (SSSR count). The molecule has 0 saturated carbocycles. The molecular formula is C27H24O3. The fraction of sp³-hybridized carbons (Fsp3) is 0.185. The van der Waals surface area contributed by atoms with Crippen molar-refractivity contribution in [1.82, 2.24) is 0 Å². The zero-order chi connectivity index (χ0) is 21.1. The number of rotatable bonds is 5. The summed E-state index contributed by atoms with van der Waals surface area (Å²) in [5.74, 6) is 0.716. The van der Waals surface area contributed by atoms with E-state index in [1.54, 1.807) is 7.11 Å². The van der Waals surface area contributed by atoms with Crippen LogP contribution in [0.25, 0.3) is 11.6 Å². The molecule has 0 spiro atoms. The number of benzene rings is 3. The minimum absolute atomic E-state index is 0.0355. The Bertz CT molecular complexity index is 1180. The summed E-state index contributed by atoms with van der Waals surface area (Å²) >= 11 is 0. The Labute approximate surface area is 177 Å². The van der Waals surface area contributed by atoms with Crippen LogP contribution in [0.2, 0.25) is 0 Å². The molecule has 0 aliphatic heterocycles. The molecule has 0 atom stereocenters. The molecule has 0 bridgehead atoms. The summed E-state index contributed by atoms with van der Waals surface area (Å²) in [5.41, 5.74) is 10.8. The maximum Gasteiger partial charge on any atom is 0.175 e. The Morgan fingerprint density at radius 2 is 1.80 bits per heavy atom. The van der Waals surface area contributed by atoms with E-state index in [2.05, 4.69) is 30.0 Å². The zero-order valence-electron chi connectivity index (χ0n) is 17.2. The minimum Gasteiger partial charge on any atom is -0.496 e. The van der Waals surface area contributed by atoms with Gasteiger partial charge in [-0.3, -0.25) is 4.79 Å². The second kappa shape index (κ2) is 8.54. The van der Waals surface area contributed by atoms with Crippen molar-refractivity contribution in [2.24, 2.45) is 0 Å². The lowest BCUT2D eigenvalue weighted by Gasteiger charge is -2.11. The highest BCUT2D eigenvalue weighted by Gasteiger charge is 2.20. The second-order valence-electron chi connectivity index (χ2n) is 7.66. The molecule has 3 nitrogen and oxygen atoms in total. The molecule has 3 heteroatoms. The molecule has 0 unspecified atom stereocenters. The molecule has 0 amide bonds. The number of ketones is 1. The molecule has 3 aromatic rings. The fourth-order valence-corrected chi connectivity index (χ4v) is 3.87. The van der Waals surface area contributed by atoms with E-state index >= 15 is 0 Å². The molecular weight excluding hydrogens is 372 g/mol. The van der Waals surface area contributed by atoms with Gasteiger partial charge in [-0.25, -0.2) is 0 Å². The van der Waals surface area contributed by atoms with Gasteiger partial charge < -0.3 is 9.84 Å². The van der Waals surface area contributed by atoms with Crippen LogP contribution in [0.3, 0.4) is 0 Å². The molecule has 0 saturated heterocycles. The van der Waals surface area contributed by atoms with Crippen molar-refractivity contribution in [3.05, 3.63) is 105 Å². The average molecular weight is 396 g/mol. The Hall–Kier alpha value is -3.39. The first-order chi connectivity index (χ1) is 14.6. The summed E-state index contributed by atoms with van der Waals surface area (Å²) in [7, 11) is 1.62. The number of hydrogen-bond acceptors (Lipinski definition) is 3. The van der Waals surface area contributed by atoms with Crippen molar-refractivity contribution in [2.45, 2.75) is 26.4 Å². The summed E-state index contributed by atoms with van der Waals surface area (Å²) in [6.07, 6.45) is 2.98. The number of ether oxygens (including phenoxy) is 1. The van der Waals surface area contributed by atoms with Gasteiger partial charge in [0.05, 0.1) is 19.3 Å². The van der Waals surface area contributed by atoms with Gasteiger partial charge in [0, 0.05) is 12.0 Å². The third kappa shape index (κ3) is 4.13. The SMILES string of the molecule is COc1ccc(C)cc1C1=C=Cc2ccc(Cc3cccc(CO)c3)cc2CC1=O. The predicted molar refractivity (Wildman–Crippen MR) is 119 cm³/mol. The van der Waals surface area contributed by atoms with Crippen molar-refractivity contribution in [2.75, 3.05) is 7.11 Å². The Morgan fingerprint density at radius 1 is 1.00 bits per heavy atom. The Balaban J connectivity index is 1.67. The summed E-state index contributed by atoms with van der Waals surface area (Å²) in [4.78, 5) is 13.1. The summed E-state index contributed by atoms with van der Waals surface area (Å²) in [5, 5.41) is 9.36. The standard InChI is InChI=1S/C27H24O3/c1-18-6-11-27(30-2)25(12-18)24-10-9-22-8-7-20(15-23(22)16-26(24)29)13-19-4-3-5-21(14-19)17-28/h3-9,11-12,14-15,28H,13,16-17H2,1-2H3. The van der Waals surface area contributed by atoms with Gasteiger partial charge in [-0.15, -0.1) is 5.73 Å². The molecule has 0 radical (unpaired) electrons. The van der Waals surface area contributed by atoms with Crippen LogP contribution in [-0.4, -0.2) is 18.0 Å². The largest absolute Gasteiger partial charge is 0.496 e. The van der Waals surface area contributed by atoms with Gasteiger partial charge in [0.15, 0.2) is 5.78 Å². The Morgan fingerprint density at radius 3 is 2.60 bits per heavy atom. The first kappa shape index (κ1) is 19.9. The quantitative estimate of drug-likeness (QED) is 0.624. The monoisotopic (exact) mass is 396 g/mol. The number of Topliss-reactive ketones (excluding diaryl/α,β-unsaturated/α-hetero) is 1. The molecule has 150 valence electrons. The Kier molecular flexibility index (Phi) is 5.67. The highest BCUT2D eigenvalue weighted by Crippen LogP contribution is 2.30. The van der Waals surface area contributed by atoms with E-state index in [-0.39, 0.29) is 12.4 Å². The molecule has 0 aromatic heterocycles. The van der Waals surface area contributed by atoms with Gasteiger partial charge in [-0.1, -0.05) is 54.1 Å². The molecule has 1 aliphatic carbocycles. The number of methoxy groups -OCH3 is 1. The van der Waals surface area contributed by atoms with Crippen LogP contribution in [0.5, 0.6) is 5.75 Å². The van der Waals surface area contributed by atoms with Gasteiger partial charge in [0.25, 0.3) is 0 Å². The number of aliphatic hydroxyl groups excluding tert-OH is 1. The first-order valence-corrected chi connectivity index (χ1v) is 10.0.